The molecular formula is C12H9BO. The van der Waals surface area contributed by atoms with Gasteiger partial charge in [0.1, 0.15) is 19.7 Å². The van der Waals surface area contributed by atoms with Crippen LogP contribution >= 0.6 is 0 Å². The largest absolute Gasteiger partial charge is 0.485 e. The molecule has 2 heteroatoms. The summed E-state index contributed by atoms with van der Waals surface area (Å²) in [7, 11) is 5.85. The van der Waals surface area contributed by atoms with Gasteiger partial charge in [-0.2, -0.15) is 0 Å². The predicted octanol–water partition coefficient (Wildman–Crippen LogP) is 1.58. The van der Waals surface area contributed by atoms with E-state index in [0.29, 0.717) is 0 Å². The molecule has 1 unspecified atom stereocenters. The van der Waals surface area contributed by atoms with E-state index in [-0.39, 0.29) is 6.10 Å². The fourth-order valence-corrected chi connectivity index (χ4v) is 2.04. The second kappa shape index (κ2) is 2.78. The van der Waals surface area contributed by atoms with Crippen LogP contribution in [0.15, 0.2) is 36.4 Å². The molecule has 1 atom stereocenters. The molecule has 0 bridgehead atoms. The summed E-state index contributed by atoms with van der Waals surface area (Å²) in [6, 6.07) is 5.92. The number of fused-ring (bicyclic) bond motifs is 3. The van der Waals surface area contributed by atoms with Gasteiger partial charge in [-0.1, -0.05) is 41.9 Å². The maximum Gasteiger partial charge on any atom is 0.128 e. The van der Waals surface area contributed by atoms with E-state index < -0.39 is 0 Å². The molecule has 0 N–H and O–H groups in total. The molecule has 0 fully saturated rings. The van der Waals surface area contributed by atoms with Gasteiger partial charge in [-0.05, 0) is 0 Å². The van der Waals surface area contributed by atoms with E-state index >= 15 is 0 Å². The third-order valence-corrected chi connectivity index (χ3v) is 2.73. The van der Waals surface area contributed by atoms with E-state index in [1.54, 1.807) is 0 Å². The molecule has 0 saturated heterocycles. The lowest BCUT2D eigenvalue weighted by Gasteiger charge is -2.12. The summed E-state index contributed by atoms with van der Waals surface area (Å²) in [5.41, 5.74) is 3.15. The topological polar surface area (TPSA) is 9.23 Å². The van der Waals surface area contributed by atoms with Crippen molar-refractivity contribution in [1.29, 1.82) is 0 Å². The Morgan fingerprint density at radius 2 is 2.29 bits per heavy atom. The van der Waals surface area contributed by atoms with E-state index in [2.05, 4.69) is 24.3 Å². The predicted molar refractivity (Wildman–Crippen MR) is 58.0 cm³/mol. The van der Waals surface area contributed by atoms with E-state index in [1.807, 2.05) is 12.1 Å². The van der Waals surface area contributed by atoms with Crippen LogP contribution in [0.3, 0.4) is 0 Å². The SMILES string of the molecule is [B]c1cccc2c1OC1CC=CC=C21. The van der Waals surface area contributed by atoms with E-state index in [4.69, 9.17) is 12.6 Å². The second-order valence-electron chi connectivity index (χ2n) is 3.62. The summed E-state index contributed by atoms with van der Waals surface area (Å²) in [5, 5.41) is 0. The molecule has 0 aromatic heterocycles. The van der Waals surface area contributed by atoms with Crippen molar-refractivity contribution < 1.29 is 4.74 Å². The first-order valence-corrected chi connectivity index (χ1v) is 4.78. The van der Waals surface area contributed by atoms with Crippen molar-refractivity contribution >= 4 is 18.9 Å². The van der Waals surface area contributed by atoms with Crippen molar-refractivity contribution in [3.8, 4) is 5.75 Å². The number of hydrogen-bond donors (Lipinski definition) is 0. The molecule has 1 nitrogen and oxygen atoms in total. The molecule has 0 amide bonds. The summed E-state index contributed by atoms with van der Waals surface area (Å²) < 4.78 is 5.80. The summed E-state index contributed by atoms with van der Waals surface area (Å²) >= 11 is 0. The molecule has 1 aliphatic carbocycles. The summed E-state index contributed by atoms with van der Waals surface area (Å²) in [4.78, 5) is 0. The van der Waals surface area contributed by atoms with Crippen LogP contribution in [0.1, 0.15) is 12.0 Å². The second-order valence-corrected chi connectivity index (χ2v) is 3.62. The Hall–Kier alpha value is -1.44. The van der Waals surface area contributed by atoms with E-state index in [9.17, 15) is 0 Å². The maximum atomic E-state index is 5.85. The first-order valence-electron chi connectivity index (χ1n) is 4.78. The van der Waals surface area contributed by atoms with Crippen LogP contribution in [0, 0.1) is 0 Å². The lowest BCUT2D eigenvalue weighted by Crippen LogP contribution is -2.14. The minimum absolute atomic E-state index is 0.180. The van der Waals surface area contributed by atoms with Gasteiger partial charge in [0.05, 0.1) is 0 Å². The van der Waals surface area contributed by atoms with Gasteiger partial charge < -0.3 is 4.74 Å². The quantitative estimate of drug-likeness (QED) is 0.550. The van der Waals surface area contributed by atoms with Crippen LogP contribution in [0.4, 0.5) is 0 Å². The summed E-state index contributed by atoms with van der Waals surface area (Å²) in [6.45, 7) is 0. The zero-order chi connectivity index (χ0) is 9.54. The van der Waals surface area contributed by atoms with Crippen molar-refractivity contribution in [2.75, 3.05) is 0 Å². The highest BCUT2D eigenvalue weighted by molar-refractivity contribution is 6.34. The van der Waals surface area contributed by atoms with Gasteiger partial charge in [0, 0.05) is 17.6 Å². The van der Waals surface area contributed by atoms with Gasteiger partial charge in [-0.15, -0.1) is 0 Å². The monoisotopic (exact) mass is 180 g/mol. The highest BCUT2D eigenvalue weighted by Crippen LogP contribution is 2.38. The number of ether oxygens (including phenoxy) is 1. The molecule has 0 spiro atoms. The number of para-hydroxylation sites is 1. The molecular weight excluding hydrogens is 171 g/mol. The Morgan fingerprint density at radius 3 is 3.21 bits per heavy atom. The van der Waals surface area contributed by atoms with Gasteiger partial charge in [0.15, 0.2) is 0 Å². The van der Waals surface area contributed by atoms with Crippen LogP contribution in [0.25, 0.3) is 5.57 Å². The average molecular weight is 180 g/mol. The molecule has 1 aliphatic heterocycles. The maximum absolute atomic E-state index is 5.85. The standard InChI is InChI=1S/C12H9BO/c13-10-6-3-5-9-8-4-1-2-7-11(8)14-12(9)10/h1-6,11H,7H2. The number of benzene rings is 1. The Kier molecular flexibility index (Phi) is 1.57. The molecule has 3 rings (SSSR count). The Balaban J connectivity index is 2.20. The van der Waals surface area contributed by atoms with Gasteiger partial charge in [-0.3, -0.25) is 0 Å². The zero-order valence-electron chi connectivity index (χ0n) is 7.73. The van der Waals surface area contributed by atoms with Crippen LogP contribution in [-0.4, -0.2) is 14.0 Å². The van der Waals surface area contributed by atoms with Crippen LogP contribution < -0.4 is 10.2 Å². The van der Waals surface area contributed by atoms with Gasteiger partial charge >= 0.3 is 0 Å². The molecule has 14 heavy (non-hydrogen) atoms. The van der Waals surface area contributed by atoms with Gasteiger partial charge in [-0.25, -0.2) is 0 Å². The Morgan fingerprint density at radius 1 is 1.36 bits per heavy atom. The number of allylic oxidation sites excluding steroid dienone is 2. The third-order valence-electron chi connectivity index (χ3n) is 2.73. The third kappa shape index (κ3) is 0.970. The number of hydrogen-bond acceptors (Lipinski definition) is 1. The first kappa shape index (κ1) is 7.92. The fourth-order valence-electron chi connectivity index (χ4n) is 2.04. The minimum atomic E-state index is 0.180. The van der Waals surface area contributed by atoms with Gasteiger partial charge in [0.2, 0.25) is 0 Å². The van der Waals surface area contributed by atoms with E-state index in [0.717, 1.165) is 23.2 Å². The van der Waals surface area contributed by atoms with Crippen molar-refractivity contribution in [3.63, 3.8) is 0 Å². The lowest BCUT2D eigenvalue weighted by atomic mass is 9.90. The average Bonchev–Trinajstić information content (AvgIpc) is 2.59. The van der Waals surface area contributed by atoms with E-state index in [1.165, 1.54) is 5.57 Å². The number of rotatable bonds is 0. The minimum Gasteiger partial charge on any atom is -0.485 e. The van der Waals surface area contributed by atoms with Gasteiger partial charge in [0.25, 0.3) is 0 Å². The molecule has 1 heterocycles. The molecule has 66 valence electrons. The van der Waals surface area contributed by atoms with Crippen molar-refractivity contribution in [2.45, 2.75) is 12.5 Å². The van der Waals surface area contributed by atoms with Crippen molar-refractivity contribution in [3.05, 3.63) is 42.0 Å². The molecule has 0 saturated carbocycles. The Bertz CT molecular complexity index is 446. The summed E-state index contributed by atoms with van der Waals surface area (Å²) in [5.74, 6) is 0.854. The fraction of sp³-hybridized carbons (Fsp3) is 0.167. The highest BCUT2D eigenvalue weighted by atomic mass is 16.5. The molecule has 1 aromatic carbocycles. The summed E-state index contributed by atoms with van der Waals surface area (Å²) in [6.07, 6.45) is 7.43. The molecule has 1 aromatic rings. The van der Waals surface area contributed by atoms with Crippen molar-refractivity contribution in [1.82, 2.24) is 0 Å². The van der Waals surface area contributed by atoms with Crippen LogP contribution in [0.5, 0.6) is 5.75 Å². The molecule has 2 aliphatic rings. The highest BCUT2D eigenvalue weighted by Gasteiger charge is 2.28. The zero-order valence-corrected chi connectivity index (χ0v) is 7.73. The van der Waals surface area contributed by atoms with Crippen molar-refractivity contribution in [2.24, 2.45) is 0 Å². The lowest BCUT2D eigenvalue weighted by molar-refractivity contribution is 0.281. The molecule has 2 radical (unpaired) electrons. The van der Waals surface area contributed by atoms with Crippen LogP contribution in [0.2, 0.25) is 0 Å². The Labute approximate surface area is 84.5 Å². The normalized spacial score (nSPS) is 22.3. The smallest absolute Gasteiger partial charge is 0.128 e. The first-order chi connectivity index (χ1) is 6.86. The van der Waals surface area contributed by atoms with Crippen LogP contribution in [-0.2, 0) is 0 Å².